The zero-order valence-corrected chi connectivity index (χ0v) is 34.8. The number of fused-ring (bicyclic) bond motifs is 9. The molecule has 0 radical (unpaired) electrons. The van der Waals surface area contributed by atoms with Gasteiger partial charge in [-0.2, -0.15) is 5.26 Å². The Morgan fingerprint density at radius 3 is 1.52 bits per heavy atom. The van der Waals surface area contributed by atoms with Crippen molar-refractivity contribution in [2.45, 2.75) is 19.3 Å². The summed E-state index contributed by atoms with van der Waals surface area (Å²) in [4.78, 5) is 15.5. The molecule has 0 spiro atoms. The van der Waals surface area contributed by atoms with E-state index >= 15 is 0 Å². The fourth-order valence-corrected chi connectivity index (χ4v) is 10.1. The molecule has 294 valence electrons. The minimum atomic E-state index is -0.151. The first-order valence-corrected chi connectivity index (χ1v) is 21.4. The highest BCUT2D eigenvalue weighted by Gasteiger charge is 2.35. The van der Waals surface area contributed by atoms with Crippen LogP contribution in [0.2, 0.25) is 0 Å². The largest absolute Gasteiger partial charge is 0.208 e. The fraction of sp³-hybridized carbons (Fsp3) is 0.0508. The predicted octanol–water partition coefficient (Wildman–Crippen LogP) is 15.0. The first-order chi connectivity index (χ1) is 30.9. The van der Waals surface area contributed by atoms with Gasteiger partial charge in [0.2, 0.25) is 0 Å². The Hall–Kier alpha value is -8.26. The van der Waals surface area contributed by atoms with E-state index in [-0.39, 0.29) is 5.41 Å². The number of benzene rings is 10. The summed E-state index contributed by atoms with van der Waals surface area (Å²) in [7, 11) is 0. The SMILES string of the molecule is CC1(C)c2ccccc2-c2ccc(-c3nc(-c4ccccc4)nc(-c4cccc(-c5cc6c7ccccc7c(-c7ccc(C#N)c8ccccc78)cc6c6ccccc56)c4)n3)cc21. The predicted molar refractivity (Wildman–Crippen MR) is 259 cm³/mol. The molecule has 11 aromatic rings. The van der Waals surface area contributed by atoms with Crippen molar-refractivity contribution in [1.82, 2.24) is 15.0 Å². The van der Waals surface area contributed by atoms with Gasteiger partial charge in [-0.25, -0.2) is 15.0 Å². The lowest BCUT2D eigenvalue weighted by Crippen LogP contribution is -2.15. The Morgan fingerprint density at radius 2 is 0.825 bits per heavy atom. The molecular formula is C59H38N4. The summed E-state index contributed by atoms with van der Waals surface area (Å²) in [6.45, 7) is 4.60. The standard InChI is InChI=1S/C59H38N4/c1-59(2)54-26-13-12-25-48(54)49-30-27-39(32-55(49)59)58-62-56(36-15-4-3-5-16-36)61-57(63-58)38-18-14-17-37(31-38)50-33-52-46-24-11-10-23-45(46)51(34-53(52)44-22-9-8-21-43(44)50)47-29-28-40(35-60)41-19-6-7-20-42(41)47/h3-34H,1-2H3. The number of nitriles is 1. The lowest BCUT2D eigenvalue weighted by atomic mass is 9.82. The smallest absolute Gasteiger partial charge is 0.164 e. The van der Waals surface area contributed by atoms with E-state index in [1.165, 1.54) is 49.2 Å². The van der Waals surface area contributed by atoms with Crippen LogP contribution in [0.25, 0.3) is 111 Å². The second-order valence-electron chi connectivity index (χ2n) is 17.0. The molecule has 0 unspecified atom stereocenters. The third-order valence-corrected chi connectivity index (χ3v) is 13.2. The number of rotatable bonds is 5. The van der Waals surface area contributed by atoms with Crippen molar-refractivity contribution in [3.8, 4) is 73.6 Å². The second kappa shape index (κ2) is 14.2. The molecule has 0 saturated carbocycles. The number of aromatic nitrogens is 3. The molecule has 1 aliphatic carbocycles. The molecule has 63 heavy (non-hydrogen) atoms. The van der Waals surface area contributed by atoms with Gasteiger partial charge in [-0.15, -0.1) is 0 Å². The molecule has 1 aliphatic rings. The second-order valence-corrected chi connectivity index (χ2v) is 17.0. The summed E-state index contributed by atoms with van der Waals surface area (Å²) < 4.78 is 0. The quantitative estimate of drug-likeness (QED) is 0.163. The molecule has 12 rings (SSSR count). The summed E-state index contributed by atoms with van der Waals surface area (Å²) in [6.07, 6.45) is 0. The van der Waals surface area contributed by atoms with Crippen LogP contribution < -0.4 is 0 Å². The molecule has 0 atom stereocenters. The van der Waals surface area contributed by atoms with Gasteiger partial charge in [0.05, 0.1) is 11.6 Å². The highest BCUT2D eigenvalue weighted by atomic mass is 15.0. The van der Waals surface area contributed by atoms with Gasteiger partial charge >= 0.3 is 0 Å². The van der Waals surface area contributed by atoms with E-state index < -0.39 is 0 Å². The average molecular weight is 803 g/mol. The van der Waals surface area contributed by atoms with Gasteiger partial charge in [-0.05, 0) is 113 Å². The maximum atomic E-state index is 9.96. The summed E-state index contributed by atoms with van der Waals surface area (Å²) >= 11 is 0. The van der Waals surface area contributed by atoms with Crippen molar-refractivity contribution in [2.24, 2.45) is 0 Å². The van der Waals surface area contributed by atoms with Gasteiger partial charge in [0.15, 0.2) is 17.5 Å². The highest BCUT2D eigenvalue weighted by Crippen LogP contribution is 2.50. The normalized spacial score (nSPS) is 12.7. The van der Waals surface area contributed by atoms with E-state index in [0.29, 0.717) is 23.0 Å². The molecule has 1 aromatic heterocycles. The fourth-order valence-electron chi connectivity index (χ4n) is 10.1. The van der Waals surface area contributed by atoms with Gasteiger partial charge in [-0.1, -0.05) is 178 Å². The molecule has 10 aromatic carbocycles. The minimum Gasteiger partial charge on any atom is -0.208 e. The molecule has 0 amide bonds. The molecule has 0 N–H and O–H groups in total. The third-order valence-electron chi connectivity index (χ3n) is 13.2. The van der Waals surface area contributed by atoms with Gasteiger partial charge in [0, 0.05) is 27.5 Å². The lowest BCUT2D eigenvalue weighted by Gasteiger charge is -2.21. The van der Waals surface area contributed by atoms with Crippen LogP contribution in [0.4, 0.5) is 0 Å². The van der Waals surface area contributed by atoms with Crippen LogP contribution in [0.1, 0.15) is 30.5 Å². The maximum absolute atomic E-state index is 9.96. The van der Waals surface area contributed by atoms with Gasteiger partial charge < -0.3 is 0 Å². The number of nitrogens with zero attached hydrogens (tertiary/aromatic N) is 4. The monoisotopic (exact) mass is 802 g/mol. The summed E-state index contributed by atoms with van der Waals surface area (Å²) in [5.74, 6) is 1.91. The lowest BCUT2D eigenvalue weighted by molar-refractivity contribution is 0.660. The molecule has 0 bridgehead atoms. The van der Waals surface area contributed by atoms with Crippen LogP contribution in [0, 0.1) is 11.3 Å². The summed E-state index contributed by atoms with van der Waals surface area (Å²) in [6, 6.07) is 71.0. The van der Waals surface area contributed by atoms with Crippen LogP contribution in [-0.4, -0.2) is 15.0 Å². The minimum absolute atomic E-state index is 0.151. The molecule has 0 fully saturated rings. The Kier molecular flexibility index (Phi) is 8.22. The Morgan fingerprint density at radius 1 is 0.333 bits per heavy atom. The highest BCUT2D eigenvalue weighted by molar-refractivity contribution is 6.24. The van der Waals surface area contributed by atoms with E-state index in [4.69, 9.17) is 15.0 Å². The Balaban J connectivity index is 1.03. The first kappa shape index (κ1) is 36.6. The third kappa shape index (κ3) is 5.78. The van der Waals surface area contributed by atoms with Crippen LogP contribution in [0.3, 0.4) is 0 Å². The van der Waals surface area contributed by atoms with Gasteiger partial charge in [0.1, 0.15) is 0 Å². The van der Waals surface area contributed by atoms with Crippen LogP contribution >= 0.6 is 0 Å². The van der Waals surface area contributed by atoms with E-state index in [0.717, 1.165) is 55.1 Å². The van der Waals surface area contributed by atoms with Crippen molar-refractivity contribution in [1.29, 1.82) is 5.26 Å². The van der Waals surface area contributed by atoms with Crippen molar-refractivity contribution in [3.63, 3.8) is 0 Å². The van der Waals surface area contributed by atoms with Crippen LogP contribution in [0.15, 0.2) is 194 Å². The zero-order valence-electron chi connectivity index (χ0n) is 34.8. The average Bonchev–Trinajstić information content (AvgIpc) is 3.58. The van der Waals surface area contributed by atoms with E-state index in [9.17, 15) is 5.26 Å². The van der Waals surface area contributed by atoms with Crippen molar-refractivity contribution >= 4 is 43.1 Å². The van der Waals surface area contributed by atoms with E-state index in [1.54, 1.807) is 0 Å². The number of hydrogen-bond donors (Lipinski definition) is 0. The Labute approximate surface area is 365 Å². The van der Waals surface area contributed by atoms with Crippen LogP contribution in [0.5, 0.6) is 0 Å². The van der Waals surface area contributed by atoms with Gasteiger partial charge in [0.25, 0.3) is 0 Å². The molecule has 4 heteroatoms. The van der Waals surface area contributed by atoms with Crippen molar-refractivity contribution < 1.29 is 0 Å². The molecule has 0 saturated heterocycles. The molecular weight excluding hydrogens is 765 g/mol. The maximum Gasteiger partial charge on any atom is 0.164 e. The van der Waals surface area contributed by atoms with Crippen LogP contribution in [-0.2, 0) is 5.41 Å². The topological polar surface area (TPSA) is 62.5 Å². The Bertz CT molecular complexity index is 3730. The summed E-state index contributed by atoms with van der Waals surface area (Å²) in [5.41, 5.74) is 13.0. The van der Waals surface area contributed by atoms with Gasteiger partial charge in [-0.3, -0.25) is 0 Å². The van der Waals surface area contributed by atoms with E-state index in [1.807, 2.05) is 36.4 Å². The zero-order chi connectivity index (χ0) is 42.2. The van der Waals surface area contributed by atoms with Crippen molar-refractivity contribution in [3.05, 3.63) is 211 Å². The summed E-state index contributed by atoms with van der Waals surface area (Å²) in [5, 5.41) is 19.0. The molecule has 1 heterocycles. The molecule has 4 nitrogen and oxygen atoms in total. The van der Waals surface area contributed by atoms with Crippen molar-refractivity contribution in [2.75, 3.05) is 0 Å². The van der Waals surface area contributed by atoms with E-state index in [2.05, 4.69) is 178 Å². The number of hydrogen-bond acceptors (Lipinski definition) is 4. The molecule has 0 aliphatic heterocycles. The first-order valence-electron chi connectivity index (χ1n) is 21.4.